The summed E-state index contributed by atoms with van der Waals surface area (Å²) < 4.78 is 16.3. The summed E-state index contributed by atoms with van der Waals surface area (Å²) in [5.74, 6) is 0.147. The summed E-state index contributed by atoms with van der Waals surface area (Å²) in [7, 11) is 1.49. The van der Waals surface area contributed by atoms with Crippen LogP contribution in [-0.4, -0.2) is 30.0 Å². The van der Waals surface area contributed by atoms with E-state index in [0.717, 1.165) is 0 Å². The minimum Gasteiger partial charge on any atom is -0.493 e. The number of nitro benzene ring substituents is 1. The molecule has 3 rings (SSSR count). The molecule has 1 aliphatic heterocycles. The standard InChI is InChI=1S/C21H19ClN2O6/c1-11(2)29-19-15(22)8-13(10-18(19)28-4)9-16-21(25)30-20(23-16)14-6-5-7-17(12(14)3)24(26)27/h5-11H,1-4H3/b16-9-. The zero-order chi connectivity index (χ0) is 22.0. The number of ether oxygens (including phenoxy) is 3. The first-order valence-corrected chi connectivity index (χ1v) is 9.40. The Morgan fingerprint density at radius 3 is 2.67 bits per heavy atom. The maximum Gasteiger partial charge on any atom is 0.363 e. The van der Waals surface area contributed by atoms with Gasteiger partial charge in [-0.1, -0.05) is 17.7 Å². The quantitative estimate of drug-likeness (QED) is 0.285. The van der Waals surface area contributed by atoms with Gasteiger partial charge in [0.15, 0.2) is 17.2 Å². The van der Waals surface area contributed by atoms with Gasteiger partial charge in [0.1, 0.15) is 0 Å². The third kappa shape index (κ3) is 4.28. The Kier molecular flexibility index (Phi) is 6.07. The van der Waals surface area contributed by atoms with Crippen molar-refractivity contribution in [1.29, 1.82) is 0 Å². The number of carbonyl (C=O) groups is 1. The average molecular weight is 431 g/mol. The van der Waals surface area contributed by atoms with Crippen molar-refractivity contribution < 1.29 is 23.9 Å². The number of methoxy groups -OCH3 is 1. The molecular weight excluding hydrogens is 412 g/mol. The lowest BCUT2D eigenvalue weighted by molar-refractivity contribution is -0.385. The first-order chi connectivity index (χ1) is 14.2. The van der Waals surface area contributed by atoms with Crippen LogP contribution < -0.4 is 9.47 Å². The van der Waals surface area contributed by atoms with Crippen molar-refractivity contribution in [3.8, 4) is 11.5 Å². The first-order valence-electron chi connectivity index (χ1n) is 9.02. The normalized spacial score (nSPS) is 14.7. The van der Waals surface area contributed by atoms with E-state index in [1.165, 1.54) is 25.3 Å². The Morgan fingerprint density at radius 2 is 2.03 bits per heavy atom. The Hall–Kier alpha value is -3.39. The highest BCUT2D eigenvalue weighted by atomic mass is 35.5. The van der Waals surface area contributed by atoms with E-state index in [-0.39, 0.29) is 23.4 Å². The summed E-state index contributed by atoms with van der Waals surface area (Å²) in [6.07, 6.45) is 1.39. The lowest BCUT2D eigenvalue weighted by Crippen LogP contribution is -2.08. The topological polar surface area (TPSA) is 100 Å². The van der Waals surface area contributed by atoms with Gasteiger partial charge in [-0.25, -0.2) is 9.79 Å². The second-order valence-corrected chi connectivity index (χ2v) is 7.15. The number of nitro groups is 1. The zero-order valence-electron chi connectivity index (χ0n) is 16.8. The highest BCUT2D eigenvalue weighted by Gasteiger charge is 2.27. The van der Waals surface area contributed by atoms with Gasteiger partial charge in [0.25, 0.3) is 5.69 Å². The molecule has 0 bridgehead atoms. The van der Waals surface area contributed by atoms with Crippen molar-refractivity contribution in [3.63, 3.8) is 0 Å². The van der Waals surface area contributed by atoms with Crippen LogP contribution in [0, 0.1) is 17.0 Å². The monoisotopic (exact) mass is 430 g/mol. The van der Waals surface area contributed by atoms with Crippen molar-refractivity contribution >= 4 is 35.2 Å². The maximum absolute atomic E-state index is 12.3. The van der Waals surface area contributed by atoms with E-state index in [9.17, 15) is 14.9 Å². The molecule has 30 heavy (non-hydrogen) atoms. The molecule has 0 aliphatic carbocycles. The maximum atomic E-state index is 12.3. The van der Waals surface area contributed by atoms with Crippen LogP contribution in [0.15, 0.2) is 41.0 Å². The Bertz CT molecular complexity index is 1090. The van der Waals surface area contributed by atoms with Gasteiger partial charge >= 0.3 is 5.97 Å². The Morgan fingerprint density at radius 1 is 1.30 bits per heavy atom. The largest absolute Gasteiger partial charge is 0.493 e. The third-order valence-corrected chi connectivity index (χ3v) is 4.54. The SMILES string of the molecule is COc1cc(/C=C2\N=C(c3cccc([N+](=O)[O-])c3C)OC2=O)cc(Cl)c1OC(C)C. The molecule has 0 spiro atoms. The van der Waals surface area contributed by atoms with E-state index < -0.39 is 10.9 Å². The molecule has 1 aliphatic rings. The van der Waals surface area contributed by atoms with Crippen LogP contribution in [0.5, 0.6) is 11.5 Å². The molecule has 8 nitrogen and oxygen atoms in total. The number of benzene rings is 2. The molecule has 0 atom stereocenters. The van der Waals surface area contributed by atoms with Crippen molar-refractivity contribution in [1.82, 2.24) is 0 Å². The number of esters is 1. The van der Waals surface area contributed by atoms with E-state index in [4.69, 9.17) is 25.8 Å². The van der Waals surface area contributed by atoms with Crippen molar-refractivity contribution in [2.45, 2.75) is 26.9 Å². The predicted octanol–water partition coefficient (Wildman–Crippen LogP) is 4.70. The number of rotatable bonds is 6. The Balaban J connectivity index is 2.00. The number of nitrogens with zero attached hydrogens (tertiary/aromatic N) is 2. The molecule has 0 amide bonds. The Labute approximate surface area is 177 Å². The van der Waals surface area contributed by atoms with E-state index in [2.05, 4.69) is 4.99 Å². The van der Waals surface area contributed by atoms with Gasteiger partial charge in [0.2, 0.25) is 5.90 Å². The number of aliphatic imine (C=N–C) groups is 1. The molecule has 1 heterocycles. The van der Waals surface area contributed by atoms with Crippen LogP contribution >= 0.6 is 11.6 Å². The van der Waals surface area contributed by atoms with Crippen LogP contribution in [0.2, 0.25) is 5.02 Å². The molecule has 0 N–H and O–H groups in total. The second-order valence-electron chi connectivity index (χ2n) is 6.74. The molecule has 156 valence electrons. The predicted molar refractivity (Wildman–Crippen MR) is 112 cm³/mol. The van der Waals surface area contributed by atoms with Gasteiger partial charge in [0, 0.05) is 17.2 Å². The number of halogens is 1. The summed E-state index contributed by atoms with van der Waals surface area (Å²) in [5, 5.41) is 11.5. The summed E-state index contributed by atoms with van der Waals surface area (Å²) in [5.41, 5.74) is 1.24. The molecule has 2 aromatic carbocycles. The summed E-state index contributed by atoms with van der Waals surface area (Å²) in [6, 6.07) is 7.78. The lowest BCUT2D eigenvalue weighted by Gasteiger charge is -2.15. The van der Waals surface area contributed by atoms with E-state index in [1.54, 1.807) is 25.1 Å². The van der Waals surface area contributed by atoms with Gasteiger partial charge in [0.05, 0.1) is 23.2 Å². The third-order valence-electron chi connectivity index (χ3n) is 4.26. The summed E-state index contributed by atoms with van der Waals surface area (Å²) >= 11 is 6.32. The van der Waals surface area contributed by atoms with Crippen LogP contribution in [0.4, 0.5) is 5.69 Å². The van der Waals surface area contributed by atoms with Crippen LogP contribution in [0.1, 0.15) is 30.5 Å². The average Bonchev–Trinajstić information content (AvgIpc) is 3.03. The van der Waals surface area contributed by atoms with Gasteiger partial charge in [-0.05, 0) is 50.6 Å². The molecule has 9 heteroatoms. The van der Waals surface area contributed by atoms with Crippen LogP contribution in [-0.2, 0) is 9.53 Å². The fourth-order valence-electron chi connectivity index (χ4n) is 2.91. The molecule has 0 aromatic heterocycles. The number of hydrogen-bond donors (Lipinski definition) is 0. The van der Waals surface area contributed by atoms with Crippen molar-refractivity contribution in [2.24, 2.45) is 4.99 Å². The molecule has 0 saturated carbocycles. The molecule has 0 saturated heterocycles. The van der Waals surface area contributed by atoms with E-state index >= 15 is 0 Å². The van der Waals surface area contributed by atoms with Gasteiger partial charge in [-0.15, -0.1) is 0 Å². The summed E-state index contributed by atoms with van der Waals surface area (Å²) in [4.78, 5) is 27.2. The second kappa shape index (κ2) is 8.54. The number of carbonyl (C=O) groups excluding carboxylic acids is 1. The van der Waals surface area contributed by atoms with Crippen molar-refractivity contribution in [2.75, 3.05) is 7.11 Å². The fourth-order valence-corrected chi connectivity index (χ4v) is 3.17. The highest BCUT2D eigenvalue weighted by molar-refractivity contribution is 6.32. The smallest absolute Gasteiger partial charge is 0.363 e. The highest BCUT2D eigenvalue weighted by Crippen LogP contribution is 2.38. The number of hydrogen-bond acceptors (Lipinski definition) is 7. The van der Waals surface area contributed by atoms with E-state index in [0.29, 0.717) is 33.2 Å². The molecular formula is C21H19ClN2O6. The fraction of sp³-hybridized carbons (Fsp3) is 0.238. The van der Waals surface area contributed by atoms with Gasteiger partial charge < -0.3 is 14.2 Å². The van der Waals surface area contributed by atoms with Gasteiger partial charge in [-0.3, -0.25) is 10.1 Å². The molecule has 0 radical (unpaired) electrons. The van der Waals surface area contributed by atoms with Crippen molar-refractivity contribution in [3.05, 3.63) is 67.9 Å². The number of cyclic esters (lactones) is 1. The van der Waals surface area contributed by atoms with E-state index in [1.807, 2.05) is 13.8 Å². The van der Waals surface area contributed by atoms with Crippen LogP contribution in [0.3, 0.4) is 0 Å². The summed E-state index contributed by atoms with van der Waals surface area (Å²) in [6.45, 7) is 5.31. The zero-order valence-corrected chi connectivity index (χ0v) is 17.5. The molecule has 0 unspecified atom stereocenters. The van der Waals surface area contributed by atoms with Crippen LogP contribution in [0.25, 0.3) is 6.08 Å². The minimum absolute atomic E-state index is 0.00488. The molecule has 0 fully saturated rings. The van der Waals surface area contributed by atoms with Gasteiger partial charge in [-0.2, -0.15) is 0 Å². The minimum atomic E-state index is -0.673. The lowest BCUT2D eigenvalue weighted by atomic mass is 10.1. The first kappa shape index (κ1) is 21.3. The molecule has 2 aromatic rings.